The van der Waals surface area contributed by atoms with Crippen molar-refractivity contribution < 1.29 is 14.1 Å². The van der Waals surface area contributed by atoms with Crippen molar-refractivity contribution >= 4 is 73.0 Å². The number of hydrogen-bond acceptors (Lipinski definition) is 5. The van der Waals surface area contributed by atoms with E-state index in [2.05, 4.69) is 48.8 Å². The van der Waals surface area contributed by atoms with Gasteiger partial charge in [0.2, 0.25) is 11.8 Å². The van der Waals surface area contributed by atoms with Crippen LogP contribution < -0.4 is 5.32 Å². The minimum absolute atomic E-state index is 0.0328. The van der Waals surface area contributed by atoms with Crippen LogP contribution in [-0.2, 0) is 4.79 Å². The number of anilines is 1. The second-order valence-corrected chi connectivity index (χ2v) is 8.60. The summed E-state index contributed by atoms with van der Waals surface area (Å²) in [6.45, 7) is 0. The number of benzene rings is 3. The molecule has 0 fully saturated rings. The van der Waals surface area contributed by atoms with Gasteiger partial charge in [-0.1, -0.05) is 12.1 Å². The molecule has 0 aliphatic rings. The van der Waals surface area contributed by atoms with Crippen LogP contribution in [0.5, 0.6) is 0 Å². The second-order valence-electron chi connectivity index (χ2n) is 6.50. The van der Waals surface area contributed by atoms with Crippen molar-refractivity contribution in [3.05, 3.63) is 90.5 Å². The third-order valence-corrected chi connectivity index (χ3v) is 5.68. The lowest BCUT2D eigenvalue weighted by Crippen LogP contribution is -2.07. The molecule has 7 nitrogen and oxygen atoms in total. The molecule has 3 aromatic carbocycles. The maximum absolute atomic E-state index is 12.3. The van der Waals surface area contributed by atoms with E-state index in [4.69, 9.17) is 4.42 Å². The van der Waals surface area contributed by atoms with Crippen molar-refractivity contribution in [3.8, 4) is 11.5 Å². The Morgan fingerprint density at radius 1 is 1.16 bits per heavy atom. The van der Waals surface area contributed by atoms with E-state index in [1.807, 2.05) is 18.2 Å². The van der Waals surface area contributed by atoms with Gasteiger partial charge in [-0.3, -0.25) is 14.9 Å². The molecule has 0 bridgehead atoms. The Bertz CT molecular complexity index is 1350. The number of rotatable bonds is 5. The Labute approximate surface area is 198 Å². The van der Waals surface area contributed by atoms with Crippen LogP contribution in [-0.4, -0.2) is 15.8 Å². The summed E-state index contributed by atoms with van der Waals surface area (Å²) < 4.78 is 7.79. The topological polar surface area (TPSA) is 98.3 Å². The summed E-state index contributed by atoms with van der Waals surface area (Å²) in [6, 6.07) is 17.1. The lowest BCUT2D eigenvalue weighted by atomic mass is 10.2. The minimum atomic E-state index is -0.478. The Morgan fingerprint density at radius 2 is 2.00 bits per heavy atom. The van der Waals surface area contributed by atoms with Gasteiger partial charge >= 0.3 is 0 Å². The largest absolute Gasteiger partial charge is 0.436 e. The average molecular weight is 590 g/mol. The van der Waals surface area contributed by atoms with Crippen molar-refractivity contribution in [2.24, 2.45) is 0 Å². The summed E-state index contributed by atoms with van der Waals surface area (Å²) in [7, 11) is 0. The van der Waals surface area contributed by atoms with E-state index in [0.29, 0.717) is 28.2 Å². The van der Waals surface area contributed by atoms with E-state index in [1.54, 1.807) is 30.3 Å². The standard InChI is InChI=1S/C22H13BrIN3O4/c23-18-7-5-14(24)11-17(18)22-26-19-12-15(6-8-20(19)31-22)25-21(28)9-4-13-2-1-3-16(10-13)27(29)30/h1-12H,(H,25,28)/b9-4+. The molecule has 0 radical (unpaired) electrons. The molecule has 0 aliphatic heterocycles. The number of aromatic nitrogens is 1. The monoisotopic (exact) mass is 589 g/mol. The second kappa shape index (κ2) is 8.98. The number of oxazole rings is 1. The number of carbonyl (C=O) groups is 1. The molecular formula is C22H13BrIN3O4. The minimum Gasteiger partial charge on any atom is -0.436 e. The zero-order valence-electron chi connectivity index (χ0n) is 15.7. The first-order valence-electron chi connectivity index (χ1n) is 8.98. The Kier molecular flexibility index (Phi) is 6.14. The lowest BCUT2D eigenvalue weighted by molar-refractivity contribution is -0.384. The molecule has 9 heteroatoms. The van der Waals surface area contributed by atoms with Crippen LogP contribution in [0.1, 0.15) is 5.56 Å². The van der Waals surface area contributed by atoms with Crippen LogP contribution in [0.25, 0.3) is 28.6 Å². The first kappa shape index (κ1) is 21.2. The number of hydrogen-bond donors (Lipinski definition) is 1. The zero-order valence-corrected chi connectivity index (χ0v) is 19.5. The number of carbonyl (C=O) groups excluding carboxylic acids is 1. The van der Waals surface area contributed by atoms with Gasteiger partial charge in [-0.15, -0.1) is 0 Å². The number of nitro benzene ring substituents is 1. The van der Waals surface area contributed by atoms with Crippen LogP contribution >= 0.6 is 38.5 Å². The van der Waals surface area contributed by atoms with Crippen LogP contribution in [0.2, 0.25) is 0 Å². The quantitative estimate of drug-likeness (QED) is 0.125. The molecule has 0 unspecified atom stereocenters. The van der Waals surface area contributed by atoms with Gasteiger partial charge in [-0.05, 0) is 86.6 Å². The molecule has 0 spiro atoms. The average Bonchev–Trinajstić information content (AvgIpc) is 3.17. The lowest BCUT2D eigenvalue weighted by Gasteiger charge is -2.01. The molecule has 1 amide bonds. The summed E-state index contributed by atoms with van der Waals surface area (Å²) in [5, 5.41) is 13.6. The predicted octanol–water partition coefficient (Wildman–Crippen LogP) is 6.42. The molecule has 154 valence electrons. The third-order valence-electron chi connectivity index (χ3n) is 4.32. The van der Waals surface area contributed by atoms with E-state index >= 15 is 0 Å². The fraction of sp³-hybridized carbons (Fsp3) is 0. The van der Waals surface area contributed by atoms with E-state index in [0.717, 1.165) is 13.6 Å². The summed E-state index contributed by atoms with van der Waals surface area (Å²) in [5.74, 6) is 0.115. The molecule has 0 saturated heterocycles. The van der Waals surface area contributed by atoms with Crippen LogP contribution in [0.4, 0.5) is 11.4 Å². The van der Waals surface area contributed by atoms with Gasteiger partial charge in [0, 0.05) is 31.9 Å². The maximum Gasteiger partial charge on any atom is 0.270 e. The molecule has 4 aromatic rings. The van der Waals surface area contributed by atoms with Crippen molar-refractivity contribution in [2.75, 3.05) is 5.32 Å². The van der Waals surface area contributed by atoms with Crippen molar-refractivity contribution in [2.45, 2.75) is 0 Å². The normalized spacial score (nSPS) is 11.2. The highest BCUT2D eigenvalue weighted by Crippen LogP contribution is 2.32. The summed E-state index contributed by atoms with van der Waals surface area (Å²) >= 11 is 5.74. The van der Waals surface area contributed by atoms with E-state index in [-0.39, 0.29) is 11.6 Å². The predicted molar refractivity (Wildman–Crippen MR) is 131 cm³/mol. The number of nitrogens with one attached hydrogen (secondary N) is 1. The van der Waals surface area contributed by atoms with Gasteiger partial charge in [0.25, 0.3) is 5.69 Å². The molecule has 0 aliphatic carbocycles. The fourth-order valence-electron chi connectivity index (χ4n) is 2.88. The van der Waals surface area contributed by atoms with E-state index < -0.39 is 4.92 Å². The number of amides is 1. The number of fused-ring (bicyclic) bond motifs is 1. The van der Waals surface area contributed by atoms with Gasteiger partial charge < -0.3 is 9.73 Å². The Balaban J connectivity index is 1.52. The Morgan fingerprint density at radius 3 is 2.81 bits per heavy atom. The number of non-ortho nitro benzene ring substituents is 1. The first-order valence-corrected chi connectivity index (χ1v) is 10.9. The molecular weight excluding hydrogens is 577 g/mol. The molecule has 0 atom stereocenters. The highest BCUT2D eigenvalue weighted by molar-refractivity contribution is 14.1. The SMILES string of the molecule is O=C(/C=C/c1cccc([N+](=O)[O-])c1)Nc1ccc2oc(-c3cc(I)ccc3Br)nc2c1. The molecule has 4 rings (SSSR count). The van der Waals surface area contributed by atoms with Gasteiger partial charge in [-0.2, -0.15) is 0 Å². The van der Waals surface area contributed by atoms with Crippen LogP contribution in [0, 0.1) is 13.7 Å². The smallest absolute Gasteiger partial charge is 0.270 e. The van der Waals surface area contributed by atoms with E-state index in [1.165, 1.54) is 24.3 Å². The number of nitro groups is 1. The van der Waals surface area contributed by atoms with Crippen molar-refractivity contribution in [1.82, 2.24) is 4.98 Å². The van der Waals surface area contributed by atoms with Gasteiger partial charge in [0.1, 0.15) is 5.52 Å². The maximum atomic E-state index is 12.3. The molecule has 1 heterocycles. The highest BCUT2D eigenvalue weighted by atomic mass is 127. The fourth-order valence-corrected chi connectivity index (χ4v) is 3.79. The summed E-state index contributed by atoms with van der Waals surface area (Å²) in [6.07, 6.45) is 2.84. The molecule has 1 N–H and O–H groups in total. The molecule has 0 saturated carbocycles. The van der Waals surface area contributed by atoms with Crippen molar-refractivity contribution in [3.63, 3.8) is 0 Å². The van der Waals surface area contributed by atoms with Crippen LogP contribution in [0.15, 0.2) is 75.6 Å². The zero-order chi connectivity index (χ0) is 22.0. The van der Waals surface area contributed by atoms with Crippen molar-refractivity contribution in [1.29, 1.82) is 0 Å². The highest BCUT2D eigenvalue weighted by Gasteiger charge is 2.13. The number of nitrogens with zero attached hydrogens (tertiary/aromatic N) is 2. The van der Waals surface area contributed by atoms with Gasteiger partial charge in [-0.25, -0.2) is 4.98 Å². The number of halogens is 2. The summed E-state index contributed by atoms with van der Waals surface area (Å²) in [5.41, 5.74) is 3.14. The van der Waals surface area contributed by atoms with E-state index in [9.17, 15) is 14.9 Å². The molecule has 31 heavy (non-hydrogen) atoms. The molecule has 1 aromatic heterocycles. The summed E-state index contributed by atoms with van der Waals surface area (Å²) in [4.78, 5) is 27.2. The Hall–Kier alpha value is -3.05. The van der Waals surface area contributed by atoms with Gasteiger partial charge in [0.05, 0.1) is 10.5 Å². The first-order chi connectivity index (χ1) is 14.9. The third kappa shape index (κ3) is 5.00. The van der Waals surface area contributed by atoms with Crippen LogP contribution in [0.3, 0.4) is 0 Å². The van der Waals surface area contributed by atoms with Gasteiger partial charge in [0.15, 0.2) is 5.58 Å².